The topological polar surface area (TPSA) is 401 Å². The number of methoxy groups -OCH3 is 2. The Bertz CT molecular complexity index is 3720. The van der Waals surface area contributed by atoms with E-state index in [0.29, 0.717) is 0 Å². The lowest BCUT2D eigenvalue weighted by Crippen LogP contribution is -2.70. The number of allylic oxidation sites excluding steroid dienone is 5. The number of phenols is 4. The summed E-state index contributed by atoms with van der Waals surface area (Å²) in [5, 5.41) is 116. The molecule has 10 aliphatic rings. The van der Waals surface area contributed by atoms with E-state index in [1.54, 1.807) is 79.5 Å². The number of carbonyl (C=O) groups is 5. The van der Waals surface area contributed by atoms with E-state index < -0.39 is 248 Å². The van der Waals surface area contributed by atoms with Crippen LogP contribution in [0.15, 0.2) is 46.3 Å². The summed E-state index contributed by atoms with van der Waals surface area (Å²) < 4.78 is 68.0. The van der Waals surface area contributed by atoms with Crippen LogP contribution in [0, 0.1) is 11.8 Å². The monoisotopic (exact) mass is 1340 g/mol. The molecule has 9 N–H and O–H groups in total. The largest absolute Gasteiger partial charge is 0.711 e. The molecule has 4 fully saturated rings. The minimum atomic E-state index is -2.53. The van der Waals surface area contributed by atoms with E-state index in [1.165, 1.54) is 20.3 Å². The number of Topliss-reactive ketones (excluding diaryl/α,β-unsaturated/α-hetero) is 1. The van der Waals surface area contributed by atoms with Gasteiger partial charge in [0.05, 0.1) is 101 Å². The van der Waals surface area contributed by atoms with Gasteiger partial charge >= 0.3 is 0 Å². The third-order valence-corrected chi connectivity index (χ3v) is 21.5. The first-order valence-corrected chi connectivity index (χ1v) is 32.4. The zero-order chi connectivity index (χ0) is 69.5. The Morgan fingerprint density at radius 3 is 1.39 bits per heavy atom. The summed E-state index contributed by atoms with van der Waals surface area (Å²) in [7, 11) is 9.68. The number of aromatic hydroxyl groups is 4. The molecule has 0 saturated carbocycles. The molecule has 6 aliphatic carbocycles. The van der Waals surface area contributed by atoms with Crippen molar-refractivity contribution in [1.82, 2.24) is 9.80 Å². The molecule has 0 spiro atoms. The van der Waals surface area contributed by atoms with E-state index in [0.717, 1.165) is 24.3 Å². The molecule has 1 unspecified atom stereocenters. The standard InChI is InChI=1S/C68H83N4O24/c1-13-67(95-40-22-36(87-11)57(79)26(5)91-40)52(63(85)43-29(65(67)93-38-20-34(77)55(71(7)8)24(3)89-38)19-28-42(43)60(82)45-31(74)16-15-30(73)44(45)59(28)81)53-64(86)49-48-50(62(84)47-33(76)18-17-32(75)46(47)61(48)83)54(70-69)51(49)66(94-39-21-35(78)56(72(9)10)25(4)90-39)68(53,14-2)96-41-23-37(88-12)58(80)27(6)92-41/h15-19,24-27,34-41,52-58,65-66,77-85H,13-14,20-23H2,1-12H3/q-1/t24-,25-,26-,27-,34-,35-,36-,37-,38+,39+,40-,41-,52-,53-,54?,55-,56-,57-,58-,65+,66+,67-,68-/m0/s1. The third kappa shape index (κ3) is 10.5. The van der Waals surface area contributed by atoms with Crippen LogP contribution in [0.1, 0.15) is 150 Å². The van der Waals surface area contributed by atoms with Crippen molar-refractivity contribution in [1.29, 1.82) is 0 Å². The molecular formula is C68H83N4O24-. The van der Waals surface area contributed by atoms with Crippen LogP contribution in [0.25, 0.3) is 22.8 Å². The van der Waals surface area contributed by atoms with Crippen LogP contribution in [-0.4, -0.2) is 249 Å². The van der Waals surface area contributed by atoms with Gasteiger partial charge in [-0.3, -0.25) is 24.0 Å². The summed E-state index contributed by atoms with van der Waals surface area (Å²) >= 11 is 0. The van der Waals surface area contributed by atoms with E-state index >= 15 is 4.79 Å². The van der Waals surface area contributed by atoms with Crippen molar-refractivity contribution in [3.8, 4) is 23.0 Å². The zero-order valence-corrected chi connectivity index (χ0v) is 55.2. The molecule has 2 aromatic carbocycles. The van der Waals surface area contributed by atoms with Gasteiger partial charge in [-0.25, -0.2) is 0 Å². The van der Waals surface area contributed by atoms with Gasteiger partial charge in [0.2, 0.25) is 0 Å². The number of ketones is 5. The molecule has 4 aliphatic heterocycles. The van der Waals surface area contributed by atoms with Crippen molar-refractivity contribution in [2.45, 2.75) is 208 Å². The SMILES string of the molecule is CC[C@@]1(O[C@H]2C[C@H](OC)[C@@H](O)[C@H](C)O2)[C@H](O[C@@H]2C[C@H](O)[C@@H](N(C)C)[C@H](C)O2)C2=C(C(=O)[C@@H]1[C@H]1C(O)=C3C(=Cc4c(O)c5c(c(O)c43)C(=O)C=CC5=O)[C@@H](O[C@@H]3C[C@H](O)[C@@H](N(C)C)[C@H](C)O3)[C@@]1(CC)O[C@H]1C[C@H](OC)[C@@H](O)[C@H](C)O1)c1c(O)c3c(c(O)c1C2N=[N-])C(=O)C=CC3=O. The number of benzene rings is 2. The molecule has 12 rings (SSSR count). The van der Waals surface area contributed by atoms with Crippen molar-refractivity contribution >= 4 is 46.1 Å². The fraction of sp³-hybridized carbons (Fsp3) is 0.603. The molecule has 23 atom stereocenters. The Morgan fingerprint density at radius 2 is 0.958 bits per heavy atom. The lowest BCUT2D eigenvalue weighted by molar-refractivity contribution is -0.347. The number of fused-ring (bicyclic) bond motifs is 7. The highest BCUT2D eigenvalue weighted by Gasteiger charge is 2.71. The van der Waals surface area contributed by atoms with Crippen LogP contribution in [0.4, 0.5) is 0 Å². The summed E-state index contributed by atoms with van der Waals surface area (Å²) in [4.78, 5) is 77.4. The Balaban J connectivity index is 1.21. The van der Waals surface area contributed by atoms with Crippen molar-refractivity contribution in [3.63, 3.8) is 0 Å². The number of likely N-dealkylation sites (N-methyl/N-ethyl adjacent to an activating group) is 2. The van der Waals surface area contributed by atoms with Crippen LogP contribution in [-0.2, 0) is 52.2 Å². The lowest BCUT2D eigenvalue weighted by atomic mass is 9.55. The van der Waals surface area contributed by atoms with E-state index in [9.17, 15) is 70.7 Å². The first kappa shape index (κ1) is 69.4. The second kappa shape index (κ2) is 25.6. The normalized spacial score (nSPS) is 38.8. The van der Waals surface area contributed by atoms with Gasteiger partial charge in [0, 0.05) is 78.9 Å². The Kier molecular flexibility index (Phi) is 18.5. The van der Waals surface area contributed by atoms with Gasteiger partial charge in [-0.15, -0.1) is 0 Å². The number of hydrogen-bond acceptors (Lipinski definition) is 27. The third-order valence-electron chi connectivity index (χ3n) is 21.5. The first-order chi connectivity index (χ1) is 45.5. The molecular weight excluding hydrogens is 1260 g/mol. The van der Waals surface area contributed by atoms with Crippen molar-refractivity contribution in [2.75, 3.05) is 42.4 Å². The Labute approximate surface area is 552 Å². The van der Waals surface area contributed by atoms with E-state index in [-0.39, 0.29) is 54.4 Å². The number of aliphatic hydroxyl groups excluding tert-OH is 5. The van der Waals surface area contributed by atoms with Gasteiger partial charge in [0.25, 0.3) is 0 Å². The summed E-state index contributed by atoms with van der Waals surface area (Å²) in [5.41, 5.74) is 0.699. The molecule has 96 heavy (non-hydrogen) atoms. The highest BCUT2D eigenvalue weighted by Crippen LogP contribution is 2.67. The molecule has 28 nitrogen and oxygen atoms in total. The van der Waals surface area contributed by atoms with Crippen LogP contribution in [0.3, 0.4) is 0 Å². The minimum Gasteiger partial charge on any atom is -0.711 e. The summed E-state index contributed by atoms with van der Waals surface area (Å²) in [6.07, 6.45) is -17.6. The van der Waals surface area contributed by atoms with Gasteiger partial charge in [0.15, 0.2) is 54.1 Å². The number of rotatable bonds is 16. The Morgan fingerprint density at radius 1 is 0.542 bits per heavy atom. The first-order valence-electron chi connectivity index (χ1n) is 32.4. The molecule has 28 heteroatoms. The van der Waals surface area contributed by atoms with E-state index in [1.807, 2.05) is 0 Å². The maximum Gasteiger partial charge on any atom is 0.190 e. The van der Waals surface area contributed by atoms with Crippen LogP contribution in [0.2, 0.25) is 0 Å². The molecule has 4 heterocycles. The highest BCUT2D eigenvalue weighted by atomic mass is 16.7. The number of carbonyl (C=O) groups excluding carboxylic acids is 5. The number of aliphatic hydroxyl groups is 5. The Hall–Kier alpha value is -6.55. The summed E-state index contributed by atoms with van der Waals surface area (Å²) in [5.74, 6) is -13.7. The van der Waals surface area contributed by atoms with Crippen molar-refractivity contribution in [3.05, 3.63) is 91.2 Å². The van der Waals surface area contributed by atoms with Gasteiger partial charge in [-0.1, -0.05) is 13.8 Å². The maximum atomic E-state index is 17.8. The maximum absolute atomic E-state index is 17.8. The number of hydrogen-bond donors (Lipinski definition) is 9. The molecule has 0 radical (unpaired) electrons. The van der Waals surface area contributed by atoms with Gasteiger partial charge in [-0.2, -0.15) is 0 Å². The summed E-state index contributed by atoms with van der Waals surface area (Å²) in [6.45, 7) is 9.69. The van der Waals surface area contributed by atoms with E-state index in [4.69, 9.17) is 47.4 Å². The highest BCUT2D eigenvalue weighted by molar-refractivity contribution is 6.31. The fourth-order valence-electron chi connectivity index (χ4n) is 17.2. The number of nitrogens with zero attached hydrogens (tertiary/aromatic N) is 4. The fourth-order valence-corrected chi connectivity index (χ4v) is 17.2. The van der Waals surface area contributed by atoms with Gasteiger partial charge < -0.3 is 114 Å². The molecule has 4 saturated heterocycles. The van der Waals surface area contributed by atoms with Crippen LogP contribution < -0.4 is 0 Å². The number of phenolic OH excluding ortho intramolecular Hbond substituents is 4. The molecule has 520 valence electrons. The molecule has 0 bridgehead atoms. The zero-order valence-electron chi connectivity index (χ0n) is 55.2. The van der Waals surface area contributed by atoms with Crippen LogP contribution in [0.5, 0.6) is 23.0 Å². The van der Waals surface area contributed by atoms with Gasteiger partial charge in [0.1, 0.15) is 64.4 Å². The average Bonchev–Trinajstić information content (AvgIpc) is 1.39. The molecule has 0 amide bonds. The minimum absolute atomic E-state index is 0.112. The van der Waals surface area contributed by atoms with Crippen LogP contribution >= 0.6 is 0 Å². The molecule has 0 aromatic heterocycles. The predicted molar refractivity (Wildman–Crippen MR) is 334 cm³/mol. The van der Waals surface area contributed by atoms with Gasteiger partial charge in [-0.05, 0) is 105 Å². The second-order valence-corrected chi connectivity index (χ2v) is 27.1. The molecule has 2 aromatic rings. The second-order valence-electron chi connectivity index (χ2n) is 27.1. The van der Waals surface area contributed by atoms with E-state index in [2.05, 4.69) is 5.11 Å². The predicted octanol–water partition coefficient (Wildman–Crippen LogP) is 4.38. The van der Waals surface area contributed by atoms with Crippen molar-refractivity contribution in [2.24, 2.45) is 17.0 Å². The number of ether oxygens (including phenoxy) is 10. The average molecular weight is 1340 g/mol. The van der Waals surface area contributed by atoms with Crippen molar-refractivity contribution < 1.29 is 117 Å². The summed E-state index contributed by atoms with van der Waals surface area (Å²) in [6, 6.07) is -3.24. The smallest absolute Gasteiger partial charge is 0.190 e. The lowest BCUT2D eigenvalue weighted by Gasteiger charge is -2.59. The quantitative estimate of drug-likeness (QED) is 0.0831.